The number of aryl methyl sites for hydroxylation is 1. The minimum Gasteiger partial charge on any atom is -0.320 e. The largest absolute Gasteiger partial charge is 0.320 e. The van der Waals surface area contributed by atoms with Crippen LogP contribution in [0.25, 0.3) is 0 Å². The molecule has 0 radical (unpaired) electrons. The quantitative estimate of drug-likeness (QED) is 0.907. The molecule has 0 aliphatic carbocycles. The molecule has 1 unspecified atom stereocenters. The average molecular weight is 251 g/mol. The molecule has 3 nitrogen and oxygen atoms in total. The van der Waals surface area contributed by atoms with Crippen LogP contribution in [0.15, 0.2) is 30.6 Å². The monoisotopic (exact) mass is 251 g/mol. The third-order valence-corrected chi connectivity index (χ3v) is 2.78. The van der Waals surface area contributed by atoms with Crippen molar-refractivity contribution < 1.29 is 8.78 Å². The van der Waals surface area contributed by atoms with E-state index in [0.717, 1.165) is 13.0 Å². The number of halogens is 2. The summed E-state index contributed by atoms with van der Waals surface area (Å²) in [6.07, 6.45) is 4.21. The molecule has 2 N–H and O–H groups in total. The fraction of sp³-hybridized carbons (Fsp3) is 0.308. The van der Waals surface area contributed by atoms with Gasteiger partial charge in [0.1, 0.15) is 11.6 Å². The van der Waals surface area contributed by atoms with Gasteiger partial charge in [0, 0.05) is 23.9 Å². The van der Waals surface area contributed by atoms with Crippen LogP contribution in [0.5, 0.6) is 0 Å². The smallest absolute Gasteiger partial charge is 0.131 e. The first-order valence-electron chi connectivity index (χ1n) is 5.85. The van der Waals surface area contributed by atoms with Gasteiger partial charge in [-0.05, 0) is 18.6 Å². The van der Waals surface area contributed by atoms with E-state index >= 15 is 0 Å². The van der Waals surface area contributed by atoms with Gasteiger partial charge in [-0.1, -0.05) is 13.0 Å². The predicted molar refractivity (Wildman–Crippen MR) is 64.9 cm³/mol. The topological polar surface area (TPSA) is 43.8 Å². The molecule has 5 heteroatoms. The molecule has 0 bridgehead atoms. The highest BCUT2D eigenvalue weighted by atomic mass is 19.1. The third-order valence-electron chi connectivity index (χ3n) is 2.78. The summed E-state index contributed by atoms with van der Waals surface area (Å²) in [5.74, 6) is -1.27. The van der Waals surface area contributed by atoms with E-state index in [1.165, 1.54) is 18.2 Å². The molecule has 0 fully saturated rings. The Hall–Kier alpha value is -1.75. The summed E-state index contributed by atoms with van der Waals surface area (Å²) in [6.45, 7) is 2.78. The van der Waals surface area contributed by atoms with Crippen LogP contribution in [0.2, 0.25) is 0 Å². The normalized spacial score (nSPS) is 12.7. The van der Waals surface area contributed by atoms with Crippen LogP contribution in [0.4, 0.5) is 8.78 Å². The van der Waals surface area contributed by atoms with Crippen LogP contribution in [0.3, 0.4) is 0 Å². The zero-order valence-electron chi connectivity index (χ0n) is 10.1. The van der Waals surface area contributed by atoms with Crippen molar-refractivity contribution in [1.82, 2.24) is 9.78 Å². The van der Waals surface area contributed by atoms with E-state index < -0.39 is 17.7 Å². The number of nitrogens with two attached hydrogens (primary N) is 1. The number of aromatic nitrogens is 2. The van der Waals surface area contributed by atoms with E-state index in [-0.39, 0.29) is 5.56 Å². The van der Waals surface area contributed by atoms with Crippen molar-refractivity contribution >= 4 is 0 Å². The lowest BCUT2D eigenvalue weighted by molar-refractivity contribution is 0.543. The van der Waals surface area contributed by atoms with Gasteiger partial charge >= 0.3 is 0 Å². The van der Waals surface area contributed by atoms with Crippen LogP contribution >= 0.6 is 0 Å². The van der Waals surface area contributed by atoms with E-state index in [1.807, 2.05) is 6.92 Å². The molecule has 0 saturated heterocycles. The zero-order chi connectivity index (χ0) is 13.1. The molecule has 0 aliphatic heterocycles. The lowest BCUT2D eigenvalue weighted by Crippen LogP contribution is -2.15. The van der Waals surface area contributed by atoms with Gasteiger partial charge < -0.3 is 5.73 Å². The second-order valence-corrected chi connectivity index (χ2v) is 4.15. The highest BCUT2D eigenvalue weighted by Gasteiger charge is 2.19. The third kappa shape index (κ3) is 2.41. The lowest BCUT2D eigenvalue weighted by atomic mass is 10.0. The fourth-order valence-electron chi connectivity index (χ4n) is 1.87. The summed E-state index contributed by atoms with van der Waals surface area (Å²) in [5.41, 5.74) is 6.38. The second-order valence-electron chi connectivity index (χ2n) is 4.15. The number of hydrogen-bond acceptors (Lipinski definition) is 2. The van der Waals surface area contributed by atoms with Gasteiger partial charge in [0.15, 0.2) is 0 Å². The van der Waals surface area contributed by atoms with Crippen molar-refractivity contribution in [2.24, 2.45) is 5.73 Å². The van der Waals surface area contributed by atoms with Crippen molar-refractivity contribution in [2.45, 2.75) is 25.9 Å². The Bertz CT molecular complexity index is 517. The van der Waals surface area contributed by atoms with Crippen molar-refractivity contribution in [3.05, 3.63) is 53.4 Å². The maximum Gasteiger partial charge on any atom is 0.131 e. The van der Waals surface area contributed by atoms with Gasteiger partial charge in [0.05, 0.1) is 12.2 Å². The number of hydrogen-bond donors (Lipinski definition) is 1. The Morgan fingerprint density at radius 3 is 2.61 bits per heavy atom. The standard InChI is InChI=1S/C13H15F2N3/c1-2-6-18-8-9(7-17-18)13(16)12-10(14)4-3-5-11(12)15/h3-5,7-8,13H,2,6,16H2,1H3. The molecule has 0 saturated carbocycles. The lowest BCUT2D eigenvalue weighted by Gasteiger charge is -2.11. The molecule has 0 amide bonds. The SMILES string of the molecule is CCCn1cc(C(N)c2c(F)cccc2F)cn1. The molecule has 18 heavy (non-hydrogen) atoms. The van der Waals surface area contributed by atoms with Gasteiger partial charge in [0.25, 0.3) is 0 Å². The van der Waals surface area contributed by atoms with Gasteiger partial charge in [0.2, 0.25) is 0 Å². The van der Waals surface area contributed by atoms with Crippen LogP contribution in [-0.4, -0.2) is 9.78 Å². The summed E-state index contributed by atoms with van der Waals surface area (Å²) in [5, 5.41) is 4.10. The summed E-state index contributed by atoms with van der Waals surface area (Å²) in [6, 6.07) is 2.89. The summed E-state index contributed by atoms with van der Waals surface area (Å²) in [7, 11) is 0. The fourth-order valence-corrected chi connectivity index (χ4v) is 1.87. The van der Waals surface area contributed by atoms with E-state index in [9.17, 15) is 8.78 Å². The average Bonchev–Trinajstić information content (AvgIpc) is 2.78. The van der Waals surface area contributed by atoms with Gasteiger partial charge in [-0.2, -0.15) is 5.10 Å². The van der Waals surface area contributed by atoms with E-state index in [2.05, 4.69) is 5.10 Å². The minimum absolute atomic E-state index is 0.117. The highest BCUT2D eigenvalue weighted by molar-refractivity contribution is 5.31. The maximum atomic E-state index is 13.6. The molecule has 0 aliphatic rings. The van der Waals surface area contributed by atoms with Gasteiger partial charge in [-0.15, -0.1) is 0 Å². The first kappa shape index (κ1) is 12.7. The van der Waals surface area contributed by atoms with Crippen LogP contribution in [0.1, 0.15) is 30.5 Å². The molecule has 1 aromatic heterocycles. The molecular formula is C13H15F2N3. The molecule has 0 spiro atoms. The van der Waals surface area contributed by atoms with Crippen LogP contribution in [0, 0.1) is 11.6 Å². The second kappa shape index (κ2) is 5.27. The van der Waals surface area contributed by atoms with Crippen molar-refractivity contribution in [2.75, 3.05) is 0 Å². The molecule has 2 aromatic rings. The van der Waals surface area contributed by atoms with E-state index in [4.69, 9.17) is 5.73 Å². The summed E-state index contributed by atoms with van der Waals surface area (Å²) >= 11 is 0. The Labute approximate surface area is 104 Å². The van der Waals surface area contributed by atoms with Crippen LogP contribution < -0.4 is 5.73 Å². The molecular weight excluding hydrogens is 236 g/mol. The van der Waals surface area contributed by atoms with Crippen LogP contribution in [-0.2, 0) is 6.54 Å². The molecule has 1 atom stereocenters. The van der Waals surface area contributed by atoms with Gasteiger partial charge in [-0.3, -0.25) is 4.68 Å². The summed E-state index contributed by atoms with van der Waals surface area (Å²) in [4.78, 5) is 0. The Balaban J connectivity index is 2.32. The summed E-state index contributed by atoms with van der Waals surface area (Å²) < 4.78 is 28.9. The Morgan fingerprint density at radius 1 is 1.33 bits per heavy atom. The Morgan fingerprint density at radius 2 is 2.00 bits per heavy atom. The molecule has 96 valence electrons. The van der Waals surface area contributed by atoms with Crippen molar-refractivity contribution in [1.29, 1.82) is 0 Å². The van der Waals surface area contributed by atoms with Crippen molar-refractivity contribution in [3.63, 3.8) is 0 Å². The zero-order valence-corrected chi connectivity index (χ0v) is 10.1. The number of rotatable bonds is 4. The molecule has 1 aromatic carbocycles. The molecule has 1 heterocycles. The minimum atomic E-state index is -0.836. The number of nitrogens with zero attached hydrogens (tertiary/aromatic N) is 2. The van der Waals surface area contributed by atoms with Gasteiger partial charge in [-0.25, -0.2) is 8.78 Å². The first-order valence-corrected chi connectivity index (χ1v) is 5.85. The number of benzene rings is 1. The predicted octanol–water partition coefficient (Wildman–Crippen LogP) is 2.62. The van der Waals surface area contributed by atoms with Crippen molar-refractivity contribution in [3.8, 4) is 0 Å². The molecule has 2 rings (SSSR count). The Kier molecular flexibility index (Phi) is 3.72. The van der Waals surface area contributed by atoms with E-state index in [0.29, 0.717) is 5.56 Å². The highest BCUT2D eigenvalue weighted by Crippen LogP contribution is 2.24. The van der Waals surface area contributed by atoms with E-state index in [1.54, 1.807) is 17.1 Å². The first-order chi connectivity index (χ1) is 8.63. The maximum absolute atomic E-state index is 13.6.